The average molecular weight is 373 g/mol. The Kier molecular flexibility index (Phi) is 4.84. The Morgan fingerprint density at radius 2 is 1.74 bits per heavy atom. The number of sulfonamides is 1. The van der Waals surface area contributed by atoms with Crippen LogP contribution < -0.4 is 4.72 Å². The van der Waals surface area contributed by atoms with Crippen LogP contribution in [0, 0.1) is 11.6 Å². The predicted molar refractivity (Wildman–Crippen MR) is 91.3 cm³/mol. The number of hydrogen-bond donors (Lipinski definition) is 1. The van der Waals surface area contributed by atoms with Crippen molar-refractivity contribution in [3.8, 4) is 0 Å². The molecule has 0 aliphatic carbocycles. The van der Waals surface area contributed by atoms with E-state index in [-0.39, 0.29) is 4.90 Å². The van der Waals surface area contributed by atoms with Gasteiger partial charge in [-0.3, -0.25) is 4.72 Å². The van der Waals surface area contributed by atoms with Crippen LogP contribution in [0.15, 0.2) is 47.4 Å². The van der Waals surface area contributed by atoms with Crippen molar-refractivity contribution < 1.29 is 17.2 Å². The predicted octanol–water partition coefficient (Wildman–Crippen LogP) is 4.24. The van der Waals surface area contributed by atoms with Crippen LogP contribution in [-0.2, 0) is 10.0 Å². The number of thioether (sulfide) groups is 2. The molecule has 8 heteroatoms. The van der Waals surface area contributed by atoms with Crippen molar-refractivity contribution in [1.82, 2.24) is 0 Å². The Morgan fingerprint density at radius 1 is 1.00 bits per heavy atom. The second kappa shape index (κ2) is 6.70. The van der Waals surface area contributed by atoms with E-state index in [9.17, 15) is 17.2 Å². The Hall–Kier alpha value is -1.25. The molecule has 1 aliphatic rings. The molecule has 1 aliphatic heterocycles. The van der Waals surface area contributed by atoms with Crippen LogP contribution in [0.4, 0.5) is 14.5 Å². The lowest BCUT2D eigenvalue weighted by Gasteiger charge is -2.12. The molecule has 1 heterocycles. The highest BCUT2D eigenvalue weighted by Crippen LogP contribution is 2.45. The number of benzene rings is 2. The second-order valence-corrected chi connectivity index (χ2v) is 9.29. The van der Waals surface area contributed by atoms with E-state index >= 15 is 0 Å². The van der Waals surface area contributed by atoms with E-state index in [1.165, 1.54) is 0 Å². The van der Waals surface area contributed by atoms with E-state index in [1.807, 2.05) is 29.6 Å². The van der Waals surface area contributed by atoms with Crippen LogP contribution in [0.2, 0.25) is 0 Å². The molecule has 1 fully saturated rings. The summed E-state index contributed by atoms with van der Waals surface area (Å²) >= 11 is 3.63. The average Bonchev–Trinajstić information content (AvgIpc) is 3.04. The number of rotatable bonds is 4. The van der Waals surface area contributed by atoms with E-state index in [1.54, 1.807) is 18.2 Å². The number of hydrogen-bond acceptors (Lipinski definition) is 4. The van der Waals surface area contributed by atoms with Crippen LogP contribution in [0.1, 0.15) is 10.1 Å². The van der Waals surface area contributed by atoms with Crippen molar-refractivity contribution in [2.75, 3.05) is 16.2 Å². The molecule has 3 rings (SSSR count). The zero-order valence-corrected chi connectivity index (χ0v) is 14.3. The molecule has 0 spiro atoms. The molecule has 1 N–H and O–H groups in total. The van der Waals surface area contributed by atoms with Gasteiger partial charge >= 0.3 is 0 Å². The van der Waals surface area contributed by atoms with E-state index in [2.05, 4.69) is 4.72 Å². The lowest BCUT2D eigenvalue weighted by Crippen LogP contribution is -2.13. The molecular formula is C15H13F2NO2S3. The minimum Gasteiger partial charge on any atom is -0.280 e. The van der Waals surface area contributed by atoms with Crippen molar-refractivity contribution in [1.29, 1.82) is 0 Å². The first-order valence-electron chi connectivity index (χ1n) is 6.77. The number of halogens is 2. The molecule has 0 radical (unpaired) electrons. The molecule has 0 bridgehead atoms. The monoisotopic (exact) mass is 373 g/mol. The van der Waals surface area contributed by atoms with E-state index in [0.717, 1.165) is 29.2 Å². The minimum absolute atomic E-state index is 0.294. The summed E-state index contributed by atoms with van der Waals surface area (Å²) in [7, 11) is -3.96. The SMILES string of the molecule is O=S(=O)(Nc1cccc(C2SCCS2)c1)c1ccc(F)c(F)c1. The van der Waals surface area contributed by atoms with Gasteiger partial charge in [0.1, 0.15) is 0 Å². The first kappa shape index (κ1) is 16.6. The highest BCUT2D eigenvalue weighted by molar-refractivity contribution is 8.19. The summed E-state index contributed by atoms with van der Waals surface area (Å²) in [4.78, 5) is -0.314. The Labute approximate surface area is 141 Å². The largest absolute Gasteiger partial charge is 0.280 e. The second-order valence-electron chi connectivity index (χ2n) is 4.88. The molecule has 3 nitrogen and oxygen atoms in total. The lowest BCUT2D eigenvalue weighted by atomic mass is 10.2. The fraction of sp³-hybridized carbons (Fsp3) is 0.200. The normalized spacial score (nSPS) is 15.7. The van der Waals surface area contributed by atoms with Gasteiger partial charge < -0.3 is 0 Å². The molecule has 23 heavy (non-hydrogen) atoms. The molecule has 0 atom stereocenters. The molecule has 0 aromatic heterocycles. The van der Waals surface area contributed by atoms with Crippen molar-refractivity contribution in [3.63, 3.8) is 0 Å². The highest BCUT2D eigenvalue weighted by atomic mass is 32.2. The van der Waals surface area contributed by atoms with Gasteiger partial charge in [-0.2, -0.15) is 0 Å². The van der Waals surface area contributed by atoms with Gasteiger partial charge in [0.05, 0.1) is 9.48 Å². The van der Waals surface area contributed by atoms with Crippen LogP contribution in [0.5, 0.6) is 0 Å². The van der Waals surface area contributed by atoms with E-state index in [0.29, 0.717) is 16.3 Å². The smallest absolute Gasteiger partial charge is 0.261 e. The van der Waals surface area contributed by atoms with Crippen molar-refractivity contribution in [3.05, 3.63) is 59.7 Å². The lowest BCUT2D eigenvalue weighted by molar-refractivity contribution is 0.504. The summed E-state index contributed by atoms with van der Waals surface area (Å²) in [5, 5.41) is 0. The van der Waals surface area contributed by atoms with Crippen LogP contribution >= 0.6 is 23.5 Å². The number of nitrogens with one attached hydrogen (secondary N) is 1. The highest BCUT2D eigenvalue weighted by Gasteiger charge is 2.20. The quantitative estimate of drug-likeness (QED) is 0.871. The maximum Gasteiger partial charge on any atom is 0.261 e. The van der Waals surface area contributed by atoms with Gasteiger partial charge in [-0.25, -0.2) is 17.2 Å². The van der Waals surface area contributed by atoms with Crippen molar-refractivity contribution in [2.45, 2.75) is 9.48 Å². The summed E-state index contributed by atoms with van der Waals surface area (Å²) in [6.07, 6.45) is 0. The minimum atomic E-state index is -3.96. The Bertz CT molecular complexity index is 821. The summed E-state index contributed by atoms with van der Waals surface area (Å²) in [6.45, 7) is 0. The van der Waals surface area contributed by atoms with Gasteiger partial charge in [-0.15, -0.1) is 23.5 Å². The fourth-order valence-electron chi connectivity index (χ4n) is 2.16. The standard InChI is InChI=1S/C15H13F2NO2S3/c16-13-5-4-12(9-14(13)17)23(19,20)18-11-3-1-2-10(8-11)15-21-6-7-22-15/h1-5,8-9,15,18H,6-7H2. The molecule has 1 saturated heterocycles. The van der Waals surface area contributed by atoms with Gasteiger partial charge in [-0.05, 0) is 35.9 Å². The summed E-state index contributed by atoms with van der Waals surface area (Å²) in [6, 6.07) is 9.63. The topological polar surface area (TPSA) is 46.2 Å². The molecule has 2 aromatic carbocycles. The third-order valence-electron chi connectivity index (χ3n) is 3.23. The Balaban J connectivity index is 1.85. The fourth-order valence-corrected chi connectivity index (χ4v) is 6.06. The van der Waals surface area contributed by atoms with Crippen molar-refractivity contribution >= 4 is 39.2 Å². The molecular weight excluding hydrogens is 360 g/mol. The summed E-state index contributed by atoms with van der Waals surface area (Å²) < 4.78 is 53.5. The third kappa shape index (κ3) is 3.81. The van der Waals surface area contributed by atoms with E-state index in [4.69, 9.17) is 0 Å². The van der Waals surface area contributed by atoms with Crippen LogP contribution in [0.3, 0.4) is 0 Å². The van der Waals surface area contributed by atoms with Crippen molar-refractivity contribution in [2.24, 2.45) is 0 Å². The van der Waals surface area contributed by atoms with Gasteiger partial charge in [0.2, 0.25) is 0 Å². The summed E-state index contributed by atoms with van der Waals surface area (Å²) in [5.41, 5.74) is 1.43. The zero-order valence-electron chi connectivity index (χ0n) is 11.8. The van der Waals surface area contributed by atoms with Gasteiger partial charge in [0.25, 0.3) is 10.0 Å². The van der Waals surface area contributed by atoms with Gasteiger partial charge in [-0.1, -0.05) is 12.1 Å². The van der Waals surface area contributed by atoms with Crippen LogP contribution in [-0.4, -0.2) is 19.9 Å². The third-order valence-corrected chi connectivity index (χ3v) is 7.72. The molecule has 0 amide bonds. The maximum atomic E-state index is 13.2. The maximum absolute atomic E-state index is 13.2. The van der Waals surface area contributed by atoms with Gasteiger partial charge in [0.15, 0.2) is 11.6 Å². The molecule has 122 valence electrons. The van der Waals surface area contributed by atoms with Gasteiger partial charge in [0, 0.05) is 17.2 Å². The van der Waals surface area contributed by atoms with E-state index < -0.39 is 21.7 Å². The first-order chi connectivity index (χ1) is 11.0. The summed E-state index contributed by atoms with van der Waals surface area (Å²) in [5.74, 6) is -0.137. The Morgan fingerprint density at radius 3 is 2.43 bits per heavy atom. The zero-order chi connectivity index (χ0) is 16.4. The molecule has 2 aromatic rings. The molecule has 0 unspecified atom stereocenters. The molecule has 0 saturated carbocycles. The number of anilines is 1. The first-order valence-corrected chi connectivity index (χ1v) is 10.3. The van der Waals surface area contributed by atoms with Crippen LogP contribution in [0.25, 0.3) is 0 Å².